The van der Waals surface area contributed by atoms with Gasteiger partial charge in [0.1, 0.15) is 11.5 Å². The highest BCUT2D eigenvalue weighted by Gasteiger charge is 2.35. The van der Waals surface area contributed by atoms with Gasteiger partial charge in [-0.3, -0.25) is 4.79 Å². The number of urea groups is 1. The quantitative estimate of drug-likeness (QED) is 0.772. The fraction of sp³-hybridized carbons (Fsp3) is 0.429. The van der Waals surface area contributed by atoms with Crippen LogP contribution in [-0.4, -0.2) is 19.0 Å². The molecule has 0 bridgehead atoms. The summed E-state index contributed by atoms with van der Waals surface area (Å²) in [4.78, 5) is 24.2. The van der Waals surface area contributed by atoms with E-state index in [0.29, 0.717) is 12.1 Å². The molecule has 1 aromatic heterocycles. The third-order valence-corrected chi connectivity index (χ3v) is 4.91. The minimum atomic E-state index is -0.229. The van der Waals surface area contributed by atoms with Crippen LogP contribution in [0.1, 0.15) is 59.3 Å². The van der Waals surface area contributed by atoms with E-state index in [2.05, 4.69) is 29.8 Å². The molecule has 3 N–H and O–H groups in total. The van der Waals surface area contributed by atoms with Crippen molar-refractivity contribution in [3.05, 3.63) is 58.5 Å². The maximum absolute atomic E-state index is 12.5. The van der Waals surface area contributed by atoms with Gasteiger partial charge in [0.2, 0.25) is 0 Å². The molecular weight excluding hydrogens is 342 g/mol. The van der Waals surface area contributed by atoms with Crippen LogP contribution < -0.4 is 16.0 Å². The van der Waals surface area contributed by atoms with Gasteiger partial charge in [0.05, 0.1) is 6.04 Å². The molecule has 1 aromatic carbocycles. The first kappa shape index (κ1) is 19.0. The van der Waals surface area contributed by atoms with E-state index in [1.807, 2.05) is 25.1 Å². The maximum Gasteiger partial charge on any atom is 0.315 e. The van der Waals surface area contributed by atoms with Crippen molar-refractivity contribution < 1.29 is 14.0 Å². The third-order valence-electron chi connectivity index (χ3n) is 4.91. The Labute approximate surface area is 159 Å². The zero-order valence-electron chi connectivity index (χ0n) is 16.3. The average molecular weight is 369 g/mol. The predicted molar refractivity (Wildman–Crippen MR) is 103 cm³/mol. The number of hydrogen-bond acceptors (Lipinski definition) is 3. The van der Waals surface area contributed by atoms with Crippen molar-refractivity contribution in [2.45, 2.75) is 46.2 Å². The highest BCUT2D eigenvalue weighted by atomic mass is 16.3. The van der Waals surface area contributed by atoms with Crippen LogP contribution in [0, 0.1) is 12.3 Å². The maximum atomic E-state index is 12.5. The first-order valence-electron chi connectivity index (χ1n) is 9.22. The van der Waals surface area contributed by atoms with Crippen molar-refractivity contribution in [2.24, 2.45) is 5.41 Å². The summed E-state index contributed by atoms with van der Waals surface area (Å²) in [6, 6.07) is 8.93. The van der Waals surface area contributed by atoms with Crippen LogP contribution in [0.25, 0.3) is 0 Å². The number of benzene rings is 1. The summed E-state index contributed by atoms with van der Waals surface area (Å²) in [5.41, 5.74) is 2.58. The molecule has 0 fully saturated rings. The zero-order chi connectivity index (χ0) is 19.6. The highest BCUT2D eigenvalue weighted by Crippen LogP contribution is 2.41. The van der Waals surface area contributed by atoms with Crippen molar-refractivity contribution >= 4 is 11.9 Å². The molecule has 27 heavy (non-hydrogen) atoms. The molecule has 1 aliphatic rings. The molecule has 6 nitrogen and oxygen atoms in total. The molecule has 144 valence electrons. The topological polar surface area (TPSA) is 83.4 Å². The van der Waals surface area contributed by atoms with Crippen LogP contribution in [0.2, 0.25) is 0 Å². The van der Waals surface area contributed by atoms with Crippen LogP contribution in [0.3, 0.4) is 0 Å². The largest absolute Gasteiger partial charge is 0.466 e. The summed E-state index contributed by atoms with van der Waals surface area (Å²) in [7, 11) is 1.60. The Morgan fingerprint density at radius 2 is 2.04 bits per heavy atom. The van der Waals surface area contributed by atoms with Gasteiger partial charge in [-0.15, -0.1) is 0 Å². The molecule has 0 spiro atoms. The van der Waals surface area contributed by atoms with Crippen LogP contribution >= 0.6 is 0 Å². The van der Waals surface area contributed by atoms with Crippen molar-refractivity contribution in [2.75, 3.05) is 7.05 Å². The molecule has 1 atom stereocenters. The number of rotatable bonds is 4. The van der Waals surface area contributed by atoms with E-state index in [0.717, 1.165) is 35.5 Å². The molecule has 3 rings (SSSR count). The summed E-state index contributed by atoms with van der Waals surface area (Å²) < 4.78 is 5.82. The van der Waals surface area contributed by atoms with Gasteiger partial charge in [-0.1, -0.05) is 26.0 Å². The monoisotopic (exact) mass is 369 g/mol. The normalized spacial score (nSPS) is 17.7. The van der Waals surface area contributed by atoms with Gasteiger partial charge in [-0.05, 0) is 42.5 Å². The number of furan rings is 1. The predicted octanol–water partition coefficient (Wildman–Crippen LogP) is 3.46. The Kier molecular flexibility index (Phi) is 5.26. The SMILES string of the molecule is CNC(=O)c1cccc(CNC(=O)NC2CC(C)(C)Cc3oc(C)cc32)c1. The number of hydrogen-bond donors (Lipinski definition) is 3. The van der Waals surface area contributed by atoms with Crippen molar-refractivity contribution in [1.82, 2.24) is 16.0 Å². The van der Waals surface area contributed by atoms with Gasteiger partial charge in [-0.25, -0.2) is 4.79 Å². The van der Waals surface area contributed by atoms with Gasteiger partial charge >= 0.3 is 6.03 Å². The third kappa shape index (κ3) is 4.51. The lowest BCUT2D eigenvalue weighted by molar-refractivity contribution is 0.0963. The lowest BCUT2D eigenvalue weighted by Gasteiger charge is -2.34. The Morgan fingerprint density at radius 1 is 1.26 bits per heavy atom. The van der Waals surface area contributed by atoms with Gasteiger partial charge in [0.25, 0.3) is 5.91 Å². The van der Waals surface area contributed by atoms with E-state index >= 15 is 0 Å². The summed E-state index contributed by atoms with van der Waals surface area (Å²) in [6.45, 7) is 6.65. The van der Waals surface area contributed by atoms with E-state index in [9.17, 15) is 9.59 Å². The number of carbonyl (C=O) groups excluding carboxylic acids is 2. The fourth-order valence-electron chi connectivity index (χ4n) is 3.67. The number of aryl methyl sites for hydroxylation is 1. The minimum Gasteiger partial charge on any atom is -0.466 e. The number of amides is 3. The van der Waals surface area contributed by atoms with Crippen molar-refractivity contribution in [3.8, 4) is 0 Å². The molecule has 1 heterocycles. The lowest BCUT2D eigenvalue weighted by Crippen LogP contribution is -2.41. The fourth-order valence-corrected chi connectivity index (χ4v) is 3.67. The Bertz CT molecular complexity index is 854. The molecule has 0 saturated heterocycles. The van der Waals surface area contributed by atoms with Gasteiger partial charge in [-0.2, -0.15) is 0 Å². The van der Waals surface area contributed by atoms with Crippen LogP contribution in [0.4, 0.5) is 4.79 Å². The molecule has 0 saturated carbocycles. The van der Waals surface area contributed by atoms with Gasteiger partial charge in [0.15, 0.2) is 0 Å². The van der Waals surface area contributed by atoms with Crippen LogP contribution in [0.5, 0.6) is 0 Å². The summed E-state index contributed by atoms with van der Waals surface area (Å²) in [5, 5.41) is 8.56. The Morgan fingerprint density at radius 3 is 2.78 bits per heavy atom. The Balaban J connectivity index is 1.64. The molecule has 2 aromatic rings. The number of carbonyl (C=O) groups is 2. The van der Waals surface area contributed by atoms with E-state index < -0.39 is 0 Å². The molecule has 1 unspecified atom stereocenters. The van der Waals surface area contributed by atoms with Crippen LogP contribution in [0.15, 0.2) is 34.7 Å². The molecule has 1 aliphatic carbocycles. The zero-order valence-corrected chi connectivity index (χ0v) is 16.3. The van der Waals surface area contributed by atoms with Gasteiger partial charge < -0.3 is 20.4 Å². The molecule has 6 heteroatoms. The van der Waals surface area contributed by atoms with Crippen molar-refractivity contribution in [1.29, 1.82) is 0 Å². The van der Waals surface area contributed by atoms with E-state index in [1.165, 1.54) is 0 Å². The summed E-state index contributed by atoms with van der Waals surface area (Å²) in [5.74, 6) is 1.69. The van der Waals surface area contributed by atoms with E-state index in [4.69, 9.17) is 4.42 Å². The summed E-state index contributed by atoms with van der Waals surface area (Å²) >= 11 is 0. The second kappa shape index (κ2) is 7.47. The Hall–Kier alpha value is -2.76. The van der Waals surface area contributed by atoms with E-state index in [1.54, 1.807) is 19.2 Å². The second-order valence-electron chi connectivity index (χ2n) is 7.94. The number of fused-ring (bicyclic) bond motifs is 1. The first-order chi connectivity index (χ1) is 12.8. The molecule has 3 amide bonds. The molecular formula is C21H27N3O3. The standard InChI is InChI=1S/C21H27N3O3/c1-13-8-16-17(10-21(2,3)11-18(16)27-13)24-20(26)23-12-14-6-5-7-15(9-14)19(25)22-4/h5-9,17H,10-12H2,1-4H3,(H,22,25)(H2,23,24,26). The van der Waals surface area contributed by atoms with Crippen molar-refractivity contribution in [3.63, 3.8) is 0 Å². The first-order valence-corrected chi connectivity index (χ1v) is 9.22. The average Bonchev–Trinajstić information content (AvgIpc) is 2.98. The minimum absolute atomic E-state index is 0.0666. The van der Waals surface area contributed by atoms with Gasteiger partial charge in [0, 0.05) is 31.1 Å². The number of nitrogens with one attached hydrogen (secondary N) is 3. The van der Waals surface area contributed by atoms with Crippen LogP contribution in [-0.2, 0) is 13.0 Å². The molecule has 0 radical (unpaired) electrons. The smallest absolute Gasteiger partial charge is 0.315 e. The molecule has 0 aliphatic heterocycles. The summed E-state index contributed by atoms with van der Waals surface area (Å²) in [6.07, 6.45) is 1.74. The van der Waals surface area contributed by atoms with E-state index in [-0.39, 0.29) is 23.4 Å². The highest BCUT2D eigenvalue weighted by molar-refractivity contribution is 5.94. The second-order valence-corrected chi connectivity index (χ2v) is 7.94. The lowest BCUT2D eigenvalue weighted by atomic mass is 9.75.